The molecule has 346 valence electrons. The van der Waals surface area contributed by atoms with Crippen molar-refractivity contribution in [3.05, 3.63) is 109 Å². The maximum absolute atomic E-state index is 12.7. The second-order valence-electron chi connectivity index (χ2n) is 15.9. The standard InChI is InChI=1S/C50H82NO9P/c1-6-8-10-12-14-15-16-17-18-19-20-21-22-27-30-34-38-42-50(54)60-48(46-59-61(55,56)58-44-43-51(3,4)5)45-57-49(53)41-37-33-29-26-24-23-25-28-32-36-40-47(52)39-35-31-13-11-9-7-2/h9,11,14-15,17-18,20-21,23-24,28-29,31-33,35-36,40,47-48,52H,6-8,10,12-13,16,19,22,25-27,30,34,37-39,41-46H2,1-5H3/b11-9-,15-14-,18-17-,21-20-,24-23-,32-28-,33-29-,35-31-,40-36+/t47?,48-/m1/s1. The normalized spacial score (nSPS) is 15.1. The van der Waals surface area contributed by atoms with Crippen LogP contribution < -0.4 is 4.89 Å². The van der Waals surface area contributed by atoms with Crippen molar-refractivity contribution in [2.75, 3.05) is 47.5 Å². The first-order chi connectivity index (χ1) is 29.4. The fourth-order valence-corrected chi connectivity index (χ4v) is 6.03. The molecule has 3 atom stereocenters. The number of phosphoric ester groups is 1. The number of phosphoric acid groups is 1. The Bertz CT molecular complexity index is 1420. The highest BCUT2D eigenvalue weighted by Crippen LogP contribution is 2.38. The number of ether oxygens (including phenoxy) is 2. The lowest BCUT2D eigenvalue weighted by molar-refractivity contribution is -0.870. The van der Waals surface area contributed by atoms with Crippen LogP contribution in [0.2, 0.25) is 0 Å². The van der Waals surface area contributed by atoms with E-state index in [1.807, 2.05) is 69.8 Å². The van der Waals surface area contributed by atoms with Gasteiger partial charge >= 0.3 is 11.9 Å². The molecule has 0 rings (SSSR count). The predicted octanol–water partition coefficient (Wildman–Crippen LogP) is 11.5. The van der Waals surface area contributed by atoms with Crippen LogP contribution in [-0.4, -0.2) is 81.2 Å². The summed E-state index contributed by atoms with van der Waals surface area (Å²) in [5.41, 5.74) is 0. The summed E-state index contributed by atoms with van der Waals surface area (Å²) in [5, 5.41) is 10.0. The molecule has 0 aliphatic rings. The van der Waals surface area contributed by atoms with E-state index in [-0.39, 0.29) is 26.1 Å². The number of carbonyl (C=O) groups is 2. The number of aliphatic hydroxyl groups excluding tert-OH is 1. The van der Waals surface area contributed by atoms with Gasteiger partial charge in [-0.05, 0) is 83.5 Å². The highest BCUT2D eigenvalue weighted by atomic mass is 31.2. The molecule has 10 nitrogen and oxygen atoms in total. The number of nitrogens with zero attached hydrogens (tertiary/aromatic N) is 1. The molecule has 1 N–H and O–H groups in total. The molecule has 0 aromatic rings. The fraction of sp³-hybridized carbons (Fsp3) is 0.600. The Labute approximate surface area is 370 Å². The molecule has 0 aromatic heterocycles. The average Bonchev–Trinajstić information content (AvgIpc) is 3.21. The van der Waals surface area contributed by atoms with Crippen molar-refractivity contribution in [3.63, 3.8) is 0 Å². The van der Waals surface area contributed by atoms with E-state index in [0.717, 1.165) is 57.8 Å². The Balaban J connectivity index is 4.59. The zero-order valence-electron chi connectivity index (χ0n) is 38.4. The summed E-state index contributed by atoms with van der Waals surface area (Å²) in [6.45, 7) is 3.86. The molecule has 11 heteroatoms. The molecule has 0 heterocycles. The van der Waals surface area contributed by atoms with Gasteiger partial charge in [0.25, 0.3) is 7.82 Å². The summed E-state index contributed by atoms with van der Waals surface area (Å²) in [6.07, 6.45) is 51.6. The van der Waals surface area contributed by atoms with E-state index in [1.54, 1.807) is 6.08 Å². The fourth-order valence-electron chi connectivity index (χ4n) is 5.30. The average molecular weight is 872 g/mol. The molecule has 0 aromatic carbocycles. The molecule has 61 heavy (non-hydrogen) atoms. The van der Waals surface area contributed by atoms with Crippen LogP contribution in [0.25, 0.3) is 0 Å². The van der Waals surface area contributed by atoms with Crippen LogP contribution in [0.3, 0.4) is 0 Å². The lowest BCUT2D eigenvalue weighted by Crippen LogP contribution is -2.37. The molecule has 0 radical (unpaired) electrons. The molecule has 0 amide bonds. The summed E-state index contributed by atoms with van der Waals surface area (Å²) in [4.78, 5) is 37.5. The number of carbonyl (C=O) groups excluding carboxylic acids is 2. The number of unbranched alkanes of at least 4 members (excludes halogenated alkanes) is 7. The molecular weight excluding hydrogens is 790 g/mol. The van der Waals surface area contributed by atoms with Gasteiger partial charge in [-0.3, -0.25) is 14.2 Å². The van der Waals surface area contributed by atoms with Gasteiger partial charge in [0, 0.05) is 12.8 Å². The Morgan fingerprint density at radius 3 is 1.80 bits per heavy atom. The molecule has 0 bridgehead atoms. The van der Waals surface area contributed by atoms with E-state index in [9.17, 15) is 24.2 Å². The largest absolute Gasteiger partial charge is 0.756 e. The van der Waals surface area contributed by atoms with E-state index in [4.69, 9.17) is 18.5 Å². The number of hydrogen-bond donors (Lipinski definition) is 1. The SMILES string of the molecule is CC/C=C\C/C=C\CC(O)/C=C/C=C\C/C=C\C/C=C\CCC(=O)OC[C@H](COP(=O)([O-])OCC[N+](C)(C)C)OC(=O)CCCCCC/C=C\C/C=C\C/C=C\CCCCC. The van der Waals surface area contributed by atoms with E-state index in [2.05, 4.69) is 68.5 Å². The van der Waals surface area contributed by atoms with Gasteiger partial charge in [-0.25, -0.2) is 0 Å². The molecule has 0 aliphatic carbocycles. The number of rotatable bonds is 39. The van der Waals surface area contributed by atoms with E-state index in [0.29, 0.717) is 36.7 Å². The van der Waals surface area contributed by atoms with E-state index in [1.165, 1.54) is 25.7 Å². The topological polar surface area (TPSA) is 131 Å². The van der Waals surface area contributed by atoms with Crippen molar-refractivity contribution >= 4 is 19.8 Å². The van der Waals surface area contributed by atoms with Crippen molar-refractivity contribution < 1.29 is 47.2 Å². The van der Waals surface area contributed by atoms with Crippen LogP contribution >= 0.6 is 7.82 Å². The van der Waals surface area contributed by atoms with Gasteiger partial charge in [0.15, 0.2) is 6.10 Å². The first kappa shape index (κ1) is 57.6. The monoisotopic (exact) mass is 872 g/mol. The number of esters is 2. The molecule has 0 aliphatic heterocycles. The lowest BCUT2D eigenvalue weighted by Gasteiger charge is -2.28. The second-order valence-corrected chi connectivity index (χ2v) is 17.3. The summed E-state index contributed by atoms with van der Waals surface area (Å²) < 4.78 is 33.8. The third-order valence-corrected chi connectivity index (χ3v) is 9.83. The minimum Gasteiger partial charge on any atom is -0.756 e. The summed E-state index contributed by atoms with van der Waals surface area (Å²) in [5.74, 6) is -1.00. The van der Waals surface area contributed by atoms with Crippen LogP contribution in [-0.2, 0) is 32.7 Å². The van der Waals surface area contributed by atoms with Gasteiger partial charge in [-0.1, -0.05) is 149 Å². The Hall–Kier alpha value is -3.37. The van der Waals surface area contributed by atoms with Gasteiger partial charge in [0.05, 0.1) is 33.9 Å². The van der Waals surface area contributed by atoms with Crippen LogP contribution in [0.15, 0.2) is 109 Å². The van der Waals surface area contributed by atoms with Crippen LogP contribution in [0.4, 0.5) is 0 Å². The van der Waals surface area contributed by atoms with E-state index >= 15 is 0 Å². The summed E-state index contributed by atoms with van der Waals surface area (Å²) >= 11 is 0. The van der Waals surface area contributed by atoms with Gasteiger partial charge in [0.1, 0.15) is 19.8 Å². The van der Waals surface area contributed by atoms with Crippen molar-refractivity contribution in [2.45, 2.75) is 148 Å². The lowest BCUT2D eigenvalue weighted by atomic mass is 10.1. The quantitative estimate of drug-likeness (QED) is 0.0160. The number of quaternary nitrogens is 1. The molecule has 0 spiro atoms. The summed E-state index contributed by atoms with van der Waals surface area (Å²) in [7, 11) is 1.06. The Kier molecular flexibility index (Phi) is 38.4. The predicted molar refractivity (Wildman–Crippen MR) is 251 cm³/mol. The van der Waals surface area contributed by atoms with Gasteiger partial charge < -0.3 is 33.0 Å². The zero-order valence-corrected chi connectivity index (χ0v) is 39.3. The number of allylic oxidation sites excluding steroid dienone is 16. The first-order valence-electron chi connectivity index (χ1n) is 22.7. The second kappa shape index (κ2) is 40.7. The van der Waals surface area contributed by atoms with Crippen LogP contribution in [0.5, 0.6) is 0 Å². The zero-order chi connectivity index (χ0) is 45.1. The van der Waals surface area contributed by atoms with Crippen molar-refractivity contribution in [2.24, 2.45) is 0 Å². The number of aliphatic hydroxyl groups is 1. The maximum Gasteiger partial charge on any atom is 0.306 e. The smallest absolute Gasteiger partial charge is 0.306 e. The van der Waals surface area contributed by atoms with Crippen LogP contribution in [0, 0.1) is 0 Å². The van der Waals surface area contributed by atoms with E-state index < -0.39 is 38.6 Å². The van der Waals surface area contributed by atoms with Crippen molar-refractivity contribution in [3.8, 4) is 0 Å². The van der Waals surface area contributed by atoms with Gasteiger partial charge in [-0.15, -0.1) is 0 Å². The minimum atomic E-state index is -4.67. The Morgan fingerprint density at radius 1 is 0.623 bits per heavy atom. The first-order valence-corrected chi connectivity index (χ1v) is 24.2. The third-order valence-electron chi connectivity index (χ3n) is 8.87. The molecule has 2 unspecified atom stereocenters. The third kappa shape index (κ3) is 44.5. The van der Waals surface area contributed by atoms with Gasteiger partial charge in [-0.2, -0.15) is 0 Å². The van der Waals surface area contributed by atoms with Crippen molar-refractivity contribution in [1.29, 1.82) is 0 Å². The maximum atomic E-state index is 12.7. The minimum absolute atomic E-state index is 0.0617. The Morgan fingerprint density at radius 2 is 1.18 bits per heavy atom. The van der Waals surface area contributed by atoms with Crippen LogP contribution in [0.1, 0.15) is 136 Å². The summed E-state index contributed by atoms with van der Waals surface area (Å²) in [6, 6.07) is 0. The number of hydrogen-bond acceptors (Lipinski definition) is 9. The molecular formula is C50H82NO9P. The van der Waals surface area contributed by atoms with Crippen molar-refractivity contribution in [1.82, 2.24) is 0 Å². The highest BCUT2D eigenvalue weighted by Gasteiger charge is 2.21. The number of likely N-dealkylation sites (N-methyl/N-ethyl adjacent to an activating group) is 1. The molecule has 0 fully saturated rings. The highest BCUT2D eigenvalue weighted by molar-refractivity contribution is 7.45. The molecule has 0 saturated heterocycles. The molecule has 0 saturated carbocycles. The van der Waals surface area contributed by atoms with Gasteiger partial charge in [0.2, 0.25) is 0 Å².